The Kier molecular flexibility index (Phi) is 4.06. The van der Waals surface area contributed by atoms with E-state index in [0.717, 1.165) is 5.69 Å². The van der Waals surface area contributed by atoms with Crippen LogP contribution >= 0.6 is 0 Å². The minimum absolute atomic E-state index is 0.181. The predicted octanol–water partition coefficient (Wildman–Crippen LogP) is 2.20. The van der Waals surface area contributed by atoms with Gasteiger partial charge in [-0.25, -0.2) is 4.39 Å². The Bertz CT molecular complexity index is 710. The van der Waals surface area contributed by atoms with Crippen LogP contribution in [-0.2, 0) is 0 Å². The van der Waals surface area contributed by atoms with Crippen LogP contribution in [0.4, 0.5) is 10.1 Å². The number of nitrogens with zero attached hydrogens (tertiary/aromatic N) is 2. The van der Waals surface area contributed by atoms with E-state index in [4.69, 9.17) is 0 Å². The van der Waals surface area contributed by atoms with E-state index in [-0.39, 0.29) is 23.2 Å². The summed E-state index contributed by atoms with van der Waals surface area (Å²) in [6.45, 7) is 2.39. The van der Waals surface area contributed by atoms with Crippen LogP contribution in [0.5, 0.6) is 11.5 Å². The molecule has 1 fully saturated rings. The van der Waals surface area contributed by atoms with Crippen molar-refractivity contribution in [3.8, 4) is 11.5 Å². The molecule has 1 aliphatic rings. The van der Waals surface area contributed by atoms with Crippen molar-refractivity contribution in [1.82, 2.24) is 4.90 Å². The summed E-state index contributed by atoms with van der Waals surface area (Å²) < 4.78 is 13.0. The molecule has 0 spiro atoms. The molecule has 0 aromatic heterocycles. The van der Waals surface area contributed by atoms with Gasteiger partial charge in [0.2, 0.25) is 0 Å². The molecule has 6 heteroatoms. The zero-order chi connectivity index (χ0) is 16.4. The van der Waals surface area contributed by atoms with Crippen LogP contribution < -0.4 is 4.90 Å². The van der Waals surface area contributed by atoms with Crippen LogP contribution in [0.15, 0.2) is 42.5 Å². The molecule has 0 saturated carbocycles. The number of aromatic hydroxyl groups is 2. The van der Waals surface area contributed by atoms with Gasteiger partial charge in [0.25, 0.3) is 5.91 Å². The van der Waals surface area contributed by atoms with Gasteiger partial charge in [0, 0.05) is 37.4 Å². The summed E-state index contributed by atoms with van der Waals surface area (Å²) in [5.74, 6) is -1.00. The normalized spacial score (nSPS) is 14.8. The SMILES string of the molecule is O=C(c1ccc(O)c(O)c1)N1CCN(c2ccc(F)cc2)CC1. The van der Waals surface area contributed by atoms with Crippen LogP contribution in [0.3, 0.4) is 0 Å². The van der Waals surface area contributed by atoms with E-state index in [1.165, 1.54) is 30.3 Å². The van der Waals surface area contributed by atoms with Crippen LogP contribution in [0, 0.1) is 5.82 Å². The molecule has 0 unspecified atom stereocenters. The maximum absolute atomic E-state index is 13.0. The van der Waals surface area contributed by atoms with Crippen LogP contribution in [0.1, 0.15) is 10.4 Å². The number of hydrogen-bond donors (Lipinski definition) is 2. The fraction of sp³-hybridized carbons (Fsp3) is 0.235. The molecule has 2 aromatic carbocycles. The first-order chi connectivity index (χ1) is 11.0. The summed E-state index contributed by atoms with van der Waals surface area (Å²) in [6, 6.07) is 10.4. The van der Waals surface area contributed by atoms with Crippen molar-refractivity contribution >= 4 is 11.6 Å². The standard InChI is InChI=1S/C17H17FN2O3/c18-13-2-4-14(5-3-13)19-7-9-20(10-8-19)17(23)12-1-6-15(21)16(22)11-12/h1-6,11,21-22H,7-10H2. The lowest BCUT2D eigenvalue weighted by Crippen LogP contribution is -2.48. The highest BCUT2D eigenvalue weighted by Crippen LogP contribution is 2.26. The lowest BCUT2D eigenvalue weighted by Gasteiger charge is -2.36. The number of halogens is 1. The van der Waals surface area contributed by atoms with Crippen LogP contribution in [0.2, 0.25) is 0 Å². The molecule has 0 radical (unpaired) electrons. The Labute approximate surface area is 133 Å². The number of phenolic OH excluding ortho intramolecular Hbond substituents is 2. The minimum atomic E-state index is -0.305. The molecule has 120 valence electrons. The Morgan fingerprint density at radius 3 is 2.17 bits per heavy atom. The zero-order valence-electron chi connectivity index (χ0n) is 12.4. The highest BCUT2D eigenvalue weighted by Gasteiger charge is 2.22. The van der Waals surface area contributed by atoms with E-state index in [2.05, 4.69) is 4.90 Å². The Balaban J connectivity index is 1.65. The van der Waals surface area contributed by atoms with Crippen molar-refractivity contribution in [3.05, 3.63) is 53.8 Å². The number of hydrogen-bond acceptors (Lipinski definition) is 4. The van der Waals surface area contributed by atoms with E-state index < -0.39 is 0 Å². The van der Waals surface area contributed by atoms with E-state index in [1.807, 2.05) is 0 Å². The van der Waals surface area contributed by atoms with E-state index in [9.17, 15) is 19.4 Å². The van der Waals surface area contributed by atoms with Crippen molar-refractivity contribution < 1.29 is 19.4 Å². The molecule has 3 rings (SSSR count). The summed E-state index contributed by atoms with van der Waals surface area (Å²) in [5, 5.41) is 18.8. The molecule has 23 heavy (non-hydrogen) atoms. The van der Waals surface area contributed by atoms with Crippen molar-refractivity contribution in [2.24, 2.45) is 0 Å². The van der Waals surface area contributed by atoms with Crippen molar-refractivity contribution in [2.75, 3.05) is 31.1 Å². The van der Waals surface area contributed by atoms with Gasteiger partial charge in [-0.3, -0.25) is 4.79 Å². The summed E-state index contributed by atoms with van der Waals surface area (Å²) in [5.41, 5.74) is 1.27. The van der Waals surface area contributed by atoms with Gasteiger partial charge >= 0.3 is 0 Å². The van der Waals surface area contributed by atoms with Gasteiger partial charge in [-0.2, -0.15) is 0 Å². The van der Waals surface area contributed by atoms with Crippen molar-refractivity contribution in [3.63, 3.8) is 0 Å². The van der Waals surface area contributed by atoms with Gasteiger partial charge < -0.3 is 20.0 Å². The number of carbonyl (C=O) groups excluding carboxylic acids is 1. The van der Waals surface area contributed by atoms with Gasteiger partial charge in [-0.1, -0.05) is 0 Å². The van der Waals surface area contributed by atoms with E-state index in [1.54, 1.807) is 17.0 Å². The number of carbonyl (C=O) groups is 1. The summed E-state index contributed by atoms with van der Waals surface area (Å²) in [6.07, 6.45) is 0. The maximum atomic E-state index is 13.0. The first-order valence-electron chi connectivity index (χ1n) is 7.36. The number of anilines is 1. The van der Waals surface area contributed by atoms with E-state index >= 15 is 0 Å². The van der Waals surface area contributed by atoms with Crippen LogP contribution in [-0.4, -0.2) is 47.2 Å². The van der Waals surface area contributed by atoms with Gasteiger partial charge in [0.1, 0.15) is 5.82 Å². The summed E-state index contributed by atoms with van der Waals surface area (Å²) in [7, 11) is 0. The smallest absolute Gasteiger partial charge is 0.254 e. The molecule has 0 aliphatic carbocycles. The van der Waals surface area contributed by atoms with Gasteiger partial charge in [0.05, 0.1) is 0 Å². The minimum Gasteiger partial charge on any atom is -0.504 e. The Morgan fingerprint density at radius 1 is 0.913 bits per heavy atom. The molecule has 1 aliphatic heterocycles. The van der Waals surface area contributed by atoms with E-state index in [0.29, 0.717) is 31.7 Å². The lowest BCUT2D eigenvalue weighted by atomic mass is 10.1. The average molecular weight is 316 g/mol. The number of benzene rings is 2. The molecule has 2 N–H and O–H groups in total. The molecule has 1 saturated heterocycles. The third-order valence-electron chi connectivity index (χ3n) is 3.98. The van der Waals surface area contributed by atoms with Gasteiger partial charge in [-0.15, -0.1) is 0 Å². The van der Waals surface area contributed by atoms with Crippen molar-refractivity contribution in [1.29, 1.82) is 0 Å². The molecule has 0 bridgehead atoms. The fourth-order valence-corrected chi connectivity index (χ4v) is 2.66. The van der Waals surface area contributed by atoms with Crippen molar-refractivity contribution in [2.45, 2.75) is 0 Å². The third kappa shape index (κ3) is 3.21. The molecule has 1 heterocycles. The molecule has 2 aromatic rings. The zero-order valence-corrected chi connectivity index (χ0v) is 12.4. The monoisotopic (exact) mass is 316 g/mol. The maximum Gasteiger partial charge on any atom is 0.254 e. The Morgan fingerprint density at radius 2 is 1.57 bits per heavy atom. The number of amides is 1. The Hall–Kier alpha value is -2.76. The number of phenols is 2. The first kappa shape index (κ1) is 15.1. The highest BCUT2D eigenvalue weighted by molar-refractivity contribution is 5.95. The second kappa shape index (κ2) is 6.16. The highest BCUT2D eigenvalue weighted by atomic mass is 19.1. The fourth-order valence-electron chi connectivity index (χ4n) is 2.66. The number of rotatable bonds is 2. The molecular weight excluding hydrogens is 299 g/mol. The van der Waals surface area contributed by atoms with Crippen LogP contribution in [0.25, 0.3) is 0 Å². The topological polar surface area (TPSA) is 64.0 Å². The third-order valence-corrected chi connectivity index (χ3v) is 3.98. The largest absolute Gasteiger partial charge is 0.504 e. The second-order valence-electron chi connectivity index (χ2n) is 5.46. The molecule has 5 nitrogen and oxygen atoms in total. The second-order valence-corrected chi connectivity index (χ2v) is 5.46. The lowest BCUT2D eigenvalue weighted by molar-refractivity contribution is 0.0746. The quantitative estimate of drug-likeness (QED) is 0.834. The summed E-state index contributed by atoms with van der Waals surface area (Å²) in [4.78, 5) is 16.2. The predicted molar refractivity (Wildman–Crippen MR) is 84.3 cm³/mol. The van der Waals surface area contributed by atoms with Gasteiger partial charge in [0.15, 0.2) is 11.5 Å². The molecule has 1 amide bonds. The molecular formula is C17H17FN2O3. The summed E-state index contributed by atoms with van der Waals surface area (Å²) >= 11 is 0. The van der Waals surface area contributed by atoms with Gasteiger partial charge in [-0.05, 0) is 42.5 Å². The molecule has 0 atom stereocenters. The first-order valence-corrected chi connectivity index (χ1v) is 7.36. The number of piperazine rings is 1. The average Bonchev–Trinajstić information content (AvgIpc) is 2.57.